The Morgan fingerprint density at radius 1 is 1.22 bits per heavy atom. The van der Waals surface area contributed by atoms with Gasteiger partial charge >= 0.3 is 143 Å². The van der Waals surface area contributed by atoms with Crippen LogP contribution in [0.1, 0.15) is 18.1 Å². The first-order valence-electron chi connectivity index (χ1n) is 7.44. The van der Waals surface area contributed by atoms with Crippen molar-refractivity contribution in [2.24, 2.45) is 0 Å². The SMILES string of the molecule is CCc1ccc(N2C(=O)/C(=C\c3cccnc3)N(C)C2=[Se])cc1. The van der Waals surface area contributed by atoms with Crippen LogP contribution in [0.25, 0.3) is 6.08 Å². The van der Waals surface area contributed by atoms with Crippen LogP contribution in [-0.4, -0.2) is 43.1 Å². The van der Waals surface area contributed by atoms with Crippen molar-refractivity contribution in [3.05, 3.63) is 65.6 Å². The molecule has 1 aromatic heterocycles. The van der Waals surface area contributed by atoms with E-state index in [1.807, 2.05) is 42.3 Å². The fourth-order valence-electron chi connectivity index (χ4n) is 2.48. The quantitative estimate of drug-likeness (QED) is 0.614. The van der Waals surface area contributed by atoms with Crippen LogP contribution >= 0.6 is 0 Å². The van der Waals surface area contributed by atoms with Crippen molar-refractivity contribution in [3.63, 3.8) is 0 Å². The van der Waals surface area contributed by atoms with Gasteiger partial charge in [0.15, 0.2) is 0 Å². The number of likely N-dealkylation sites (N-methyl/N-ethyl adjacent to an activating group) is 1. The Morgan fingerprint density at radius 2 is 1.96 bits per heavy atom. The Balaban J connectivity index is 1.96. The molecule has 2 heterocycles. The number of amides is 1. The van der Waals surface area contributed by atoms with Crippen molar-refractivity contribution < 1.29 is 4.79 Å². The van der Waals surface area contributed by atoms with Crippen LogP contribution in [0.15, 0.2) is 54.5 Å². The van der Waals surface area contributed by atoms with E-state index in [1.165, 1.54) is 5.56 Å². The molecule has 116 valence electrons. The summed E-state index contributed by atoms with van der Waals surface area (Å²) >= 11 is 3.00. The fraction of sp³-hybridized carbons (Fsp3) is 0.167. The molecule has 0 radical (unpaired) electrons. The number of hydrogen-bond acceptors (Lipinski definition) is 3. The summed E-state index contributed by atoms with van der Waals surface area (Å²) in [4.78, 5) is 20.5. The molecule has 0 aliphatic carbocycles. The summed E-state index contributed by atoms with van der Waals surface area (Å²) in [5, 5.41) is 0. The van der Waals surface area contributed by atoms with Crippen LogP contribution in [0.3, 0.4) is 0 Å². The Hall–Kier alpha value is -2.23. The molecule has 0 saturated carbocycles. The number of hydrogen-bond donors (Lipinski definition) is 0. The van der Waals surface area contributed by atoms with E-state index in [-0.39, 0.29) is 5.91 Å². The van der Waals surface area contributed by atoms with Gasteiger partial charge in [0.2, 0.25) is 0 Å². The number of pyridine rings is 1. The molecular weight excluding hydrogens is 353 g/mol. The molecule has 0 N–H and O–H groups in total. The first-order valence-corrected chi connectivity index (χ1v) is 8.30. The summed E-state index contributed by atoms with van der Waals surface area (Å²) in [5.74, 6) is -0.0469. The van der Waals surface area contributed by atoms with Gasteiger partial charge in [-0.25, -0.2) is 0 Å². The first kappa shape index (κ1) is 15.7. The molecule has 5 heteroatoms. The second kappa shape index (κ2) is 6.49. The van der Waals surface area contributed by atoms with Crippen LogP contribution in [-0.2, 0) is 11.2 Å². The van der Waals surface area contributed by atoms with E-state index in [2.05, 4.69) is 39.6 Å². The van der Waals surface area contributed by atoms with Crippen LogP contribution in [0.2, 0.25) is 0 Å². The molecule has 4 nitrogen and oxygen atoms in total. The third kappa shape index (κ3) is 2.98. The Bertz CT molecular complexity index is 769. The second-order valence-electron chi connectivity index (χ2n) is 5.32. The Kier molecular flexibility index (Phi) is 4.42. The number of benzene rings is 1. The van der Waals surface area contributed by atoms with Gasteiger partial charge in [-0.1, -0.05) is 0 Å². The number of carbonyl (C=O) groups excluding carboxylic acids is 1. The topological polar surface area (TPSA) is 36.4 Å². The third-order valence-electron chi connectivity index (χ3n) is 3.85. The van der Waals surface area contributed by atoms with Crippen LogP contribution in [0, 0.1) is 0 Å². The van der Waals surface area contributed by atoms with Crippen molar-refractivity contribution in [2.45, 2.75) is 13.3 Å². The predicted molar refractivity (Wildman–Crippen MR) is 94.0 cm³/mol. The predicted octanol–water partition coefficient (Wildman–Crippen LogP) is 2.22. The molecule has 0 bridgehead atoms. The zero-order valence-corrected chi connectivity index (χ0v) is 14.8. The number of aromatic nitrogens is 1. The molecule has 1 fully saturated rings. The van der Waals surface area contributed by atoms with Crippen LogP contribution in [0.5, 0.6) is 0 Å². The fourth-order valence-corrected chi connectivity index (χ4v) is 3.09. The van der Waals surface area contributed by atoms with Crippen LogP contribution in [0.4, 0.5) is 5.69 Å². The molecule has 1 saturated heterocycles. The molecule has 1 aromatic carbocycles. The monoisotopic (exact) mass is 371 g/mol. The van der Waals surface area contributed by atoms with Gasteiger partial charge in [0.25, 0.3) is 0 Å². The first-order chi connectivity index (χ1) is 11.1. The minimum atomic E-state index is -0.0469. The van der Waals surface area contributed by atoms with Crippen molar-refractivity contribution in [1.29, 1.82) is 0 Å². The third-order valence-corrected chi connectivity index (χ3v) is 4.81. The molecule has 0 unspecified atom stereocenters. The summed E-state index contributed by atoms with van der Waals surface area (Å²) in [6.45, 7) is 2.11. The van der Waals surface area contributed by atoms with E-state index in [0.717, 1.165) is 22.3 Å². The number of rotatable bonds is 3. The van der Waals surface area contributed by atoms with Crippen molar-refractivity contribution in [2.75, 3.05) is 11.9 Å². The molecule has 1 aliphatic rings. The van der Waals surface area contributed by atoms with Gasteiger partial charge < -0.3 is 0 Å². The normalized spacial score (nSPS) is 16.5. The standard InChI is InChI=1S/C18H17N3OSe/c1-3-13-6-8-15(9-7-13)21-17(22)16(20(2)18(21)23)11-14-5-4-10-19-12-14/h4-12H,3H2,1-2H3/b16-11+. The average molecular weight is 370 g/mol. The van der Waals surface area contributed by atoms with E-state index in [4.69, 9.17) is 0 Å². The van der Waals surface area contributed by atoms with Gasteiger partial charge in [0.05, 0.1) is 0 Å². The van der Waals surface area contributed by atoms with Gasteiger partial charge in [-0.05, 0) is 0 Å². The molecular formula is C18H17N3OSe. The second-order valence-corrected chi connectivity index (χ2v) is 6.08. The molecule has 1 aliphatic heterocycles. The molecule has 0 atom stereocenters. The maximum atomic E-state index is 12.8. The van der Waals surface area contributed by atoms with E-state index < -0.39 is 0 Å². The van der Waals surface area contributed by atoms with Gasteiger partial charge in [0, 0.05) is 0 Å². The maximum absolute atomic E-state index is 12.8. The van der Waals surface area contributed by atoms with Gasteiger partial charge in [-0.15, -0.1) is 0 Å². The van der Waals surface area contributed by atoms with E-state index in [9.17, 15) is 4.79 Å². The van der Waals surface area contributed by atoms with E-state index in [0.29, 0.717) is 5.70 Å². The number of aryl methyl sites for hydroxylation is 1. The summed E-state index contributed by atoms with van der Waals surface area (Å²) in [5.41, 5.74) is 3.63. The Labute approximate surface area is 143 Å². The minimum absolute atomic E-state index is 0.0469. The number of carbonyl (C=O) groups is 1. The summed E-state index contributed by atoms with van der Waals surface area (Å²) in [6.07, 6.45) is 6.29. The van der Waals surface area contributed by atoms with Crippen molar-refractivity contribution in [3.8, 4) is 0 Å². The summed E-state index contributed by atoms with van der Waals surface area (Å²) in [6, 6.07) is 11.9. The van der Waals surface area contributed by atoms with Crippen molar-refractivity contribution in [1.82, 2.24) is 9.88 Å². The number of nitrogens with zero attached hydrogens (tertiary/aromatic N) is 3. The molecule has 1 amide bonds. The van der Waals surface area contributed by atoms with Gasteiger partial charge in [-0.3, -0.25) is 0 Å². The van der Waals surface area contributed by atoms with Crippen molar-refractivity contribution >= 4 is 37.9 Å². The summed E-state index contributed by atoms with van der Waals surface area (Å²) in [7, 11) is 1.88. The summed E-state index contributed by atoms with van der Waals surface area (Å²) < 4.78 is 0.773. The van der Waals surface area contributed by atoms with Crippen LogP contribution < -0.4 is 4.90 Å². The Morgan fingerprint density at radius 3 is 2.57 bits per heavy atom. The molecule has 2 aromatic rings. The molecule has 3 rings (SSSR count). The van der Waals surface area contributed by atoms with Gasteiger partial charge in [-0.2, -0.15) is 0 Å². The average Bonchev–Trinajstić information content (AvgIpc) is 2.80. The molecule has 0 spiro atoms. The number of anilines is 1. The zero-order chi connectivity index (χ0) is 16.4. The molecule has 23 heavy (non-hydrogen) atoms. The van der Waals surface area contributed by atoms with Gasteiger partial charge in [0.1, 0.15) is 0 Å². The van der Waals surface area contributed by atoms with E-state index >= 15 is 0 Å². The zero-order valence-electron chi connectivity index (χ0n) is 13.1. The van der Waals surface area contributed by atoms with E-state index in [1.54, 1.807) is 17.3 Å².